The third-order valence-corrected chi connectivity index (χ3v) is 3.92. The minimum absolute atomic E-state index is 0.107. The molecule has 2 rings (SSSR count). The van der Waals surface area contributed by atoms with Crippen LogP contribution < -0.4 is 5.32 Å². The van der Waals surface area contributed by atoms with Crippen molar-refractivity contribution in [3.63, 3.8) is 0 Å². The molecule has 0 radical (unpaired) electrons. The lowest BCUT2D eigenvalue weighted by Gasteiger charge is -2.24. The molecule has 0 unspecified atom stereocenters. The Morgan fingerprint density at radius 2 is 1.83 bits per heavy atom. The molecule has 23 heavy (non-hydrogen) atoms. The number of nitrogens with zero attached hydrogens (tertiary/aromatic N) is 1. The van der Waals surface area contributed by atoms with E-state index in [1.165, 1.54) is 37.6 Å². The molecule has 0 saturated heterocycles. The molecule has 1 aromatic carbocycles. The molecule has 1 atom stereocenters. The number of nitrogens with one attached hydrogen (secondary N) is 1. The van der Waals surface area contributed by atoms with Gasteiger partial charge in [0.1, 0.15) is 0 Å². The molecule has 1 aliphatic carbocycles. The fourth-order valence-electron chi connectivity index (χ4n) is 2.57. The molecule has 1 amide bonds. The first-order chi connectivity index (χ1) is 11.0. The van der Waals surface area contributed by atoms with Crippen molar-refractivity contribution in [2.24, 2.45) is 0 Å². The molecular formula is C16H20N2O5. The van der Waals surface area contributed by atoms with Crippen LogP contribution in [0.1, 0.15) is 49.4 Å². The van der Waals surface area contributed by atoms with Crippen molar-refractivity contribution in [1.29, 1.82) is 0 Å². The molecule has 0 aliphatic heterocycles. The molecule has 124 valence electrons. The highest BCUT2D eigenvalue weighted by Crippen LogP contribution is 2.18. The quantitative estimate of drug-likeness (QED) is 0.511. The van der Waals surface area contributed by atoms with Gasteiger partial charge in [0.25, 0.3) is 11.6 Å². The van der Waals surface area contributed by atoms with Gasteiger partial charge in [0.15, 0.2) is 6.10 Å². The lowest BCUT2D eigenvalue weighted by molar-refractivity contribution is -0.384. The summed E-state index contributed by atoms with van der Waals surface area (Å²) in [7, 11) is 0. The summed E-state index contributed by atoms with van der Waals surface area (Å²) in [5.74, 6) is -0.988. The van der Waals surface area contributed by atoms with E-state index in [0.717, 1.165) is 25.7 Å². The van der Waals surface area contributed by atoms with Crippen LogP contribution in [0.2, 0.25) is 0 Å². The monoisotopic (exact) mass is 320 g/mol. The number of rotatable bonds is 5. The van der Waals surface area contributed by atoms with Crippen LogP contribution in [-0.2, 0) is 9.53 Å². The van der Waals surface area contributed by atoms with Crippen molar-refractivity contribution in [3.05, 3.63) is 39.9 Å². The topological polar surface area (TPSA) is 98.5 Å². The van der Waals surface area contributed by atoms with E-state index in [1.54, 1.807) is 0 Å². The molecule has 1 saturated carbocycles. The van der Waals surface area contributed by atoms with Crippen LogP contribution in [0.4, 0.5) is 5.69 Å². The minimum Gasteiger partial charge on any atom is -0.449 e. The summed E-state index contributed by atoms with van der Waals surface area (Å²) in [6, 6.07) is 5.22. The zero-order valence-electron chi connectivity index (χ0n) is 13.0. The van der Waals surface area contributed by atoms with E-state index in [2.05, 4.69) is 5.32 Å². The number of esters is 1. The van der Waals surface area contributed by atoms with Crippen LogP contribution in [-0.4, -0.2) is 28.9 Å². The van der Waals surface area contributed by atoms with Crippen molar-refractivity contribution >= 4 is 17.6 Å². The Hall–Kier alpha value is -2.44. The Morgan fingerprint density at radius 1 is 1.22 bits per heavy atom. The number of ether oxygens (including phenoxy) is 1. The number of nitro groups is 1. The summed E-state index contributed by atoms with van der Waals surface area (Å²) in [6.45, 7) is 1.52. The molecule has 0 spiro atoms. The van der Waals surface area contributed by atoms with E-state index < -0.39 is 17.0 Å². The molecule has 0 heterocycles. The van der Waals surface area contributed by atoms with Crippen molar-refractivity contribution in [1.82, 2.24) is 5.32 Å². The number of hydrogen-bond acceptors (Lipinski definition) is 5. The number of hydrogen-bond donors (Lipinski definition) is 1. The third kappa shape index (κ3) is 4.77. The fraction of sp³-hybridized carbons (Fsp3) is 0.500. The molecule has 1 aliphatic rings. The fourth-order valence-corrected chi connectivity index (χ4v) is 2.57. The molecule has 7 heteroatoms. The second kappa shape index (κ2) is 7.71. The maximum absolute atomic E-state index is 12.0. The van der Waals surface area contributed by atoms with Crippen LogP contribution in [0.25, 0.3) is 0 Å². The summed E-state index contributed by atoms with van der Waals surface area (Å²) in [6.07, 6.45) is 4.39. The highest BCUT2D eigenvalue weighted by atomic mass is 16.6. The second-order valence-electron chi connectivity index (χ2n) is 5.70. The smallest absolute Gasteiger partial charge is 0.338 e. The van der Waals surface area contributed by atoms with Gasteiger partial charge in [0.2, 0.25) is 0 Å². The van der Waals surface area contributed by atoms with Gasteiger partial charge in [-0.2, -0.15) is 0 Å². The van der Waals surface area contributed by atoms with E-state index in [-0.39, 0.29) is 23.2 Å². The Bertz CT molecular complexity index is 579. The molecule has 1 N–H and O–H groups in total. The van der Waals surface area contributed by atoms with Gasteiger partial charge >= 0.3 is 5.97 Å². The van der Waals surface area contributed by atoms with Gasteiger partial charge in [0, 0.05) is 18.2 Å². The van der Waals surface area contributed by atoms with E-state index in [0.29, 0.717) is 0 Å². The van der Waals surface area contributed by atoms with Crippen LogP contribution >= 0.6 is 0 Å². The number of benzene rings is 1. The molecular weight excluding hydrogens is 300 g/mol. The zero-order chi connectivity index (χ0) is 16.8. The van der Waals surface area contributed by atoms with Gasteiger partial charge in [0.05, 0.1) is 10.5 Å². The Kier molecular flexibility index (Phi) is 5.67. The molecule has 0 aromatic heterocycles. The Balaban J connectivity index is 1.87. The van der Waals surface area contributed by atoms with Gasteiger partial charge in [-0.15, -0.1) is 0 Å². The zero-order valence-corrected chi connectivity index (χ0v) is 13.0. The number of carbonyl (C=O) groups excluding carboxylic acids is 2. The minimum atomic E-state index is -0.903. The summed E-state index contributed by atoms with van der Waals surface area (Å²) >= 11 is 0. The number of amides is 1. The van der Waals surface area contributed by atoms with Gasteiger partial charge in [-0.3, -0.25) is 14.9 Å². The van der Waals surface area contributed by atoms with Crippen LogP contribution in [0, 0.1) is 10.1 Å². The van der Waals surface area contributed by atoms with Crippen molar-refractivity contribution in [2.45, 2.75) is 51.2 Å². The largest absolute Gasteiger partial charge is 0.449 e. The SMILES string of the molecule is C[C@H](OC(=O)c1ccc([N+](=O)[O-])cc1)C(=O)NC1CCCCC1. The lowest BCUT2D eigenvalue weighted by atomic mass is 9.95. The average molecular weight is 320 g/mol. The van der Waals surface area contributed by atoms with Crippen LogP contribution in [0.5, 0.6) is 0 Å². The summed E-state index contributed by atoms with van der Waals surface area (Å²) in [5.41, 5.74) is 0.0672. The highest BCUT2D eigenvalue weighted by molar-refractivity contribution is 5.92. The first kappa shape index (κ1) is 16.9. The highest BCUT2D eigenvalue weighted by Gasteiger charge is 2.23. The normalized spacial score (nSPS) is 16.4. The van der Waals surface area contributed by atoms with Crippen molar-refractivity contribution < 1.29 is 19.2 Å². The van der Waals surface area contributed by atoms with E-state index in [9.17, 15) is 19.7 Å². The summed E-state index contributed by atoms with van der Waals surface area (Å²) in [4.78, 5) is 34.0. The maximum atomic E-state index is 12.0. The molecule has 1 aromatic rings. The molecule has 1 fully saturated rings. The van der Waals surface area contributed by atoms with E-state index >= 15 is 0 Å². The van der Waals surface area contributed by atoms with E-state index in [4.69, 9.17) is 4.74 Å². The average Bonchev–Trinajstić information content (AvgIpc) is 2.55. The van der Waals surface area contributed by atoms with Crippen molar-refractivity contribution in [3.8, 4) is 0 Å². The molecule has 7 nitrogen and oxygen atoms in total. The van der Waals surface area contributed by atoms with Gasteiger partial charge in [-0.05, 0) is 31.9 Å². The van der Waals surface area contributed by atoms with Crippen LogP contribution in [0.15, 0.2) is 24.3 Å². The van der Waals surface area contributed by atoms with Gasteiger partial charge < -0.3 is 10.1 Å². The summed E-state index contributed by atoms with van der Waals surface area (Å²) < 4.78 is 5.12. The Labute approximate surface area is 134 Å². The first-order valence-corrected chi connectivity index (χ1v) is 7.73. The van der Waals surface area contributed by atoms with Gasteiger partial charge in [-0.1, -0.05) is 19.3 Å². The number of nitro benzene ring substituents is 1. The first-order valence-electron chi connectivity index (χ1n) is 7.73. The second-order valence-corrected chi connectivity index (χ2v) is 5.70. The predicted octanol–water partition coefficient (Wildman–Crippen LogP) is 2.59. The third-order valence-electron chi connectivity index (χ3n) is 3.92. The number of carbonyl (C=O) groups is 2. The Morgan fingerprint density at radius 3 is 2.39 bits per heavy atom. The van der Waals surface area contributed by atoms with Gasteiger partial charge in [-0.25, -0.2) is 4.79 Å². The van der Waals surface area contributed by atoms with Crippen molar-refractivity contribution in [2.75, 3.05) is 0 Å². The molecule has 0 bridgehead atoms. The predicted molar refractivity (Wildman–Crippen MR) is 83.0 cm³/mol. The lowest BCUT2D eigenvalue weighted by Crippen LogP contribution is -2.42. The standard InChI is InChI=1S/C16H20N2O5/c1-11(15(19)17-13-5-3-2-4-6-13)23-16(20)12-7-9-14(10-8-12)18(21)22/h7-11,13H,2-6H2,1H3,(H,17,19)/t11-/m0/s1. The van der Waals surface area contributed by atoms with E-state index in [1.807, 2.05) is 0 Å². The van der Waals surface area contributed by atoms with Crippen LogP contribution in [0.3, 0.4) is 0 Å². The summed E-state index contributed by atoms with van der Waals surface area (Å²) in [5, 5.41) is 13.5. The maximum Gasteiger partial charge on any atom is 0.338 e. The number of non-ortho nitro benzene ring substituents is 1.